The zero-order valence-electron chi connectivity index (χ0n) is 14.4. The van der Waals surface area contributed by atoms with Crippen molar-refractivity contribution in [2.75, 3.05) is 36.8 Å². The summed E-state index contributed by atoms with van der Waals surface area (Å²) in [6.07, 6.45) is 0.201. The molecule has 0 unspecified atom stereocenters. The highest BCUT2D eigenvalue weighted by molar-refractivity contribution is 7.89. The molecule has 0 aliphatic carbocycles. The fraction of sp³-hybridized carbons (Fsp3) is 0.368. The molecule has 1 heterocycles. The molecule has 2 aromatic carbocycles. The molecule has 1 fully saturated rings. The SMILES string of the molecule is Cc1cccc(N2CCN(S(=O)(=O)CCc3ccccc3F)CC2)c1. The van der Waals surface area contributed by atoms with Gasteiger partial charge in [0.25, 0.3) is 0 Å². The number of hydrogen-bond acceptors (Lipinski definition) is 3. The molecule has 1 aliphatic rings. The van der Waals surface area contributed by atoms with Crippen molar-refractivity contribution in [1.82, 2.24) is 4.31 Å². The summed E-state index contributed by atoms with van der Waals surface area (Å²) in [5, 5.41) is 0. The Labute approximate surface area is 148 Å². The molecule has 3 rings (SSSR count). The zero-order chi connectivity index (χ0) is 17.9. The van der Waals surface area contributed by atoms with Gasteiger partial charge in [0.15, 0.2) is 0 Å². The van der Waals surface area contributed by atoms with E-state index in [0.717, 1.165) is 5.69 Å². The monoisotopic (exact) mass is 362 g/mol. The number of aryl methyl sites for hydroxylation is 2. The van der Waals surface area contributed by atoms with Crippen LogP contribution < -0.4 is 4.90 Å². The number of anilines is 1. The van der Waals surface area contributed by atoms with Gasteiger partial charge < -0.3 is 4.90 Å². The maximum atomic E-state index is 13.7. The van der Waals surface area contributed by atoms with Crippen LogP contribution in [0.4, 0.5) is 10.1 Å². The molecular weight excluding hydrogens is 339 g/mol. The number of benzene rings is 2. The molecule has 1 saturated heterocycles. The fourth-order valence-electron chi connectivity index (χ4n) is 3.12. The number of piperazine rings is 1. The van der Waals surface area contributed by atoms with Crippen LogP contribution in [0.15, 0.2) is 48.5 Å². The highest BCUT2D eigenvalue weighted by Gasteiger charge is 2.27. The van der Waals surface area contributed by atoms with Crippen molar-refractivity contribution in [2.24, 2.45) is 0 Å². The van der Waals surface area contributed by atoms with E-state index in [1.54, 1.807) is 18.2 Å². The fourth-order valence-corrected chi connectivity index (χ4v) is 4.57. The molecule has 134 valence electrons. The molecular formula is C19H23FN2O2S. The van der Waals surface area contributed by atoms with Gasteiger partial charge >= 0.3 is 0 Å². The van der Waals surface area contributed by atoms with Crippen molar-refractivity contribution >= 4 is 15.7 Å². The molecule has 1 aliphatic heterocycles. The van der Waals surface area contributed by atoms with Gasteiger partial charge in [-0.1, -0.05) is 30.3 Å². The second kappa shape index (κ2) is 7.54. The molecule has 0 bridgehead atoms. The third-order valence-electron chi connectivity index (χ3n) is 4.59. The van der Waals surface area contributed by atoms with E-state index in [9.17, 15) is 12.8 Å². The Balaban J connectivity index is 1.59. The first-order chi connectivity index (χ1) is 12.0. The lowest BCUT2D eigenvalue weighted by Crippen LogP contribution is -2.49. The van der Waals surface area contributed by atoms with Crippen molar-refractivity contribution < 1.29 is 12.8 Å². The van der Waals surface area contributed by atoms with Crippen LogP contribution >= 0.6 is 0 Å². The smallest absolute Gasteiger partial charge is 0.214 e. The predicted molar refractivity (Wildman–Crippen MR) is 98.9 cm³/mol. The van der Waals surface area contributed by atoms with Gasteiger partial charge in [-0.3, -0.25) is 0 Å². The van der Waals surface area contributed by atoms with E-state index < -0.39 is 10.0 Å². The van der Waals surface area contributed by atoms with E-state index in [1.807, 2.05) is 19.1 Å². The zero-order valence-corrected chi connectivity index (χ0v) is 15.2. The summed E-state index contributed by atoms with van der Waals surface area (Å²) in [6, 6.07) is 14.6. The van der Waals surface area contributed by atoms with Crippen LogP contribution in [0, 0.1) is 12.7 Å². The van der Waals surface area contributed by atoms with E-state index in [0.29, 0.717) is 31.7 Å². The van der Waals surface area contributed by atoms with Gasteiger partial charge in [0.05, 0.1) is 5.75 Å². The van der Waals surface area contributed by atoms with Crippen molar-refractivity contribution in [1.29, 1.82) is 0 Å². The number of rotatable bonds is 5. The van der Waals surface area contributed by atoms with Gasteiger partial charge in [-0.15, -0.1) is 0 Å². The van der Waals surface area contributed by atoms with Crippen molar-refractivity contribution in [3.63, 3.8) is 0 Å². The summed E-state index contributed by atoms with van der Waals surface area (Å²) in [7, 11) is -3.37. The Kier molecular flexibility index (Phi) is 5.39. The number of hydrogen-bond donors (Lipinski definition) is 0. The first kappa shape index (κ1) is 17.9. The predicted octanol–water partition coefficient (Wildman–Crippen LogP) is 2.83. The van der Waals surface area contributed by atoms with Crippen LogP contribution in [0.5, 0.6) is 0 Å². The largest absolute Gasteiger partial charge is 0.369 e. The Morgan fingerprint density at radius 2 is 1.72 bits per heavy atom. The van der Waals surface area contributed by atoms with Crippen LogP contribution in [0.2, 0.25) is 0 Å². The lowest BCUT2D eigenvalue weighted by atomic mass is 10.2. The topological polar surface area (TPSA) is 40.6 Å². The second-order valence-electron chi connectivity index (χ2n) is 6.38. The summed E-state index contributed by atoms with van der Waals surface area (Å²) in [6.45, 7) is 4.32. The minimum Gasteiger partial charge on any atom is -0.369 e. The van der Waals surface area contributed by atoms with Crippen molar-refractivity contribution in [3.05, 3.63) is 65.5 Å². The molecule has 0 atom stereocenters. The molecule has 0 spiro atoms. The third kappa shape index (κ3) is 4.38. The molecule has 0 radical (unpaired) electrons. The number of sulfonamides is 1. The van der Waals surface area contributed by atoms with Gasteiger partial charge in [-0.2, -0.15) is 4.31 Å². The summed E-state index contributed by atoms with van der Waals surface area (Å²) in [5.41, 5.74) is 2.77. The maximum Gasteiger partial charge on any atom is 0.214 e. The van der Waals surface area contributed by atoms with Gasteiger partial charge in [0.2, 0.25) is 10.0 Å². The van der Waals surface area contributed by atoms with E-state index >= 15 is 0 Å². The van der Waals surface area contributed by atoms with Crippen molar-refractivity contribution in [3.8, 4) is 0 Å². The average Bonchev–Trinajstić information content (AvgIpc) is 2.61. The van der Waals surface area contributed by atoms with E-state index in [-0.39, 0.29) is 18.0 Å². The van der Waals surface area contributed by atoms with Gasteiger partial charge in [0.1, 0.15) is 5.82 Å². The summed E-state index contributed by atoms with van der Waals surface area (Å²) in [5.74, 6) is -0.403. The Morgan fingerprint density at radius 1 is 1.00 bits per heavy atom. The first-order valence-electron chi connectivity index (χ1n) is 8.48. The standard InChI is InChI=1S/C19H23FN2O2S/c1-16-5-4-7-18(15-16)21-10-12-22(13-11-21)25(23,24)14-9-17-6-2-3-8-19(17)20/h2-8,15H,9-14H2,1H3. The molecule has 0 aromatic heterocycles. The third-order valence-corrected chi connectivity index (χ3v) is 6.46. The van der Waals surface area contributed by atoms with Gasteiger partial charge in [-0.05, 0) is 42.7 Å². The van der Waals surface area contributed by atoms with E-state index in [4.69, 9.17) is 0 Å². The van der Waals surface area contributed by atoms with Crippen LogP contribution in [0.1, 0.15) is 11.1 Å². The summed E-state index contributed by atoms with van der Waals surface area (Å²) < 4.78 is 40.3. The second-order valence-corrected chi connectivity index (χ2v) is 8.47. The molecule has 6 heteroatoms. The Bertz CT molecular complexity index is 831. The van der Waals surface area contributed by atoms with Crippen LogP contribution in [-0.2, 0) is 16.4 Å². The number of nitrogens with zero attached hydrogens (tertiary/aromatic N) is 2. The number of halogens is 1. The lowest BCUT2D eigenvalue weighted by Gasteiger charge is -2.35. The highest BCUT2D eigenvalue weighted by atomic mass is 32.2. The Morgan fingerprint density at radius 3 is 2.40 bits per heavy atom. The summed E-state index contributed by atoms with van der Waals surface area (Å²) in [4.78, 5) is 2.20. The van der Waals surface area contributed by atoms with E-state index in [1.165, 1.54) is 15.9 Å². The highest BCUT2D eigenvalue weighted by Crippen LogP contribution is 2.19. The average molecular weight is 362 g/mol. The molecule has 0 saturated carbocycles. The van der Waals surface area contributed by atoms with Gasteiger partial charge in [-0.25, -0.2) is 12.8 Å². The maximum absolute atomic E-state index is 13.7. The lowest BCUT2D eigenvalue weighted by molar-refractivity contribution is 0.385. The quantitative estimate of drug-likeness (QED) is 0.821. The first-order valence-corrected chi connectivity index (χ1v) is 10.1. The minimum absolute atomic E-state index is 0.0572. The van der Waals surface area contributed by atoms with Crippen LogP contribution in [-0.4, -0.2) is 44.7 Å². The normalized spacial score (nSPS) is 16.2. The molecule has 25 heavy (non-hydrogen) atoms. The molecule has 0 N–H and O–H groups in total. The van der Waals surface area contributed by atoms with Crippen molar-refractivity contribution in [2.45, 2.75) is 13.3 Å². The molecule has 2 aromatic rings. The van der Waals surface area contributed by atoms with Crippen LogP contribution in [0.3, 0.4) is 0 Å². The summed E-state index contributed by atoms with van der Waals surface area (Å²) >= 11 is 0. The van der Waals surface area contributed by atoms with E-state index in [2.05, 4.69) is 17.0 Å². The van der Waals surface area contributed by atoms with Crippen LogP contribution in [0.25, 0.3) is 0 Å². The minimum atomic E-state index is -3.37. The Hall–Kier alpha value is -1.92. The molecule has 0 amide bonds. The molecule has 4 nitrogen and oxygen atoms in total. The van der Waals surface area contributed by atoms with Gasteiger partial charge in [0, 0.05) is 31.9 Å².